The Balaban J connectivity index is -0.0000000499. The molecule has 0 fully saturated rings. The third kappa shape index (κ3) is 89.8. The molecule has 0 aliphatic rings. The van der Waals surface area contributed by atoms with Crippen LogP contribution in [-0.4, -0.2) is 0 Å². The minimum atomic E-state index is 0. The normalized spacial score (nSPS) is 8.32. The van der Waals surface area contributed by atoms with Crippen LogP contribution in [0.5, 0.6) is 0 Å². The Kier molecular flexibility index (Phi) is 71.5. The third-order valence-electron chi connectivity index (χ3n) is 1.80. The summed E-state index contributed by atoms with van der Waals surface area (Å²) in [5, 5.41) is 0. The van der Waals surface area contributed by atoms with Gasteiger partial charge in [-0.05, 0) is 19.3 Å². The highest BCUT2D eigenvalue weighted by Crippen LogP contribution is 1.98. The van der Waals surface area contributed by atoms with Gasteiger partial charge in [0, 0.05) is 0 Å². The number of hydrogen-bond donors (Lipinski definition) is 0. The van der Waals surface area contributed by atoms with Gasteiger partial charge in [-0.3, -0.25) is 0 Å². The van der Waals surface area contributed by atoms with Crippen molar-refractivity contribution in [3.63, 3.8) is 0 Å². The molecule has 1 heteroatoms. The molecule has 0 heterocycles. The summed E-state index contributed by atoms with van der Waals surface area (Å²) in [6.45, 7) is 19.2. The molecule has 0 unspecified atom stereocenters. The van der Waals surface area contributed by atoms with Crippen LogP contribution >= 0.6 is 24.0 Å². The maximum Gasteiger partial charge on any atom is -0.0328 e. The average Bonchev–Trinajstić information content (AvgIpc) is 2.38. The van der Waals surface area contributed by atoms with Gasteiger partial charge < -0.3 is 0 Å². The van der Waals surface area contributed by atoms with Crippen molar-refractivity contribution in [1.29, 1.82) is 0 Å². The lowest BCUT2D eigenvalue weighted by Gasteiger charge is -1.93. The van der Waals surface area contributed by atoms with Gasteiger partial charge in [0.2, 0.25) is 0 Å². The van der Waals surface area contributed by atoms with Crippen molar-refractivity contribution >= 4 is 24.0 Å². The lowest BCUT2D eigenvalue weighted by molar-refractivity contribution is 0.663. The molecule has 0 atom stereocenters. The Morgan fingerprint density at radius 1 is 0.842 bits per heavy atom. The fourth-order valence-electron chi connectivity index (χ4n) is 0.908. The van der Waals surface area contributed by atoms with Crippen molar-refractivity contribution in [3.05, 3.63) is 12.2 Å². The van der Waals surface area contributed by atoms with Gasteiger partial charge in [0.1, 0.15) is 0 Å². The monoisotopic (exact) mass is 386 g/mol. The Bertz CT molecular complexity index is 102. The fourth-order valence-corrected chi connectivity index (χ4v) is 0.908. The first-order chi connectivity index (χ1) is 8.60. The first-order valence-electron chi connectivity index (χ1n) is 8.21. The molecule has 122 valence electrons. The van der Waals surface area contributed by atoms with Gasteiger partial charge in [-0.2, -0.15) is 0 Å². The van der Waals surface area contributed by atoms with Crippen LogP contribution in [0.4, 0.5) is 0 Å². The summed E-state index contributed by atoms with van der Waals surface area (Å²) in [7, 11) is 0. The van der Waals surface area contributed by atoms with Gasteiger partial charge in [-0.1, -0.05) is 99.6 Å². The highest BCUT2D eigenvalue weighted by Gasteiger charge is 1.83. The summed E-state index contributed by atoms with van der Waals surface area (Å²) < 4.78 is 0. The SMILES string of the molecule is C/C=C\CC(C)C.CC.CCC.CCCCCC.I. The predicted octanol–water partition coefficient (Wildman–Crippen LogP) is 8.26. The lowest BCUT2D eigenvalue weighted by atomic mass is 10.1. The first kappa shape index (κ1) is 31.7. The van der Waals surface area contributed by atoms with Gasteiger partial charge in [-0.25, -0.2) is 0 Å². The zero-order chi connectivity index (χ0) is 15.2. The van der Waals surface area contributed by atoms with Crippen molar-refractivity contribution in [2.45, 2.75) is 101 Å². The van der Waals surface area contributed by atoms with Crippen molar-refractivity contribution < 1.29 is 0 Å². The maximum absolute atomic E-state index is 2.23. The van der Waals surface area contributed by atoms with E-state index in [2.05, 4.69) is 60.6 Å². The molecule has 0 radical (unpaired) electrons. The molecule has 0 aliphatic heterocycles. The Hall–Kier alpha value is 0.470. The second-order valence-electron chi connectivity index (χ2n) is 4.61. The summed E-state index contributed by atoms with van der Waals surface area (Å²) in [5.41, 5.74) is 0. The molecule has 19 heavy (non-hydrogen) atoms. The molecular formula is C18H43I. The van der Waals surface area contributed by atoms with Crippen molar-refractivity contribution in [2.75, 3.05) is 0 Å². The molecule has 0 aromatic carbocycles. The van der Waals surface area contributed by atoms with E-state index in [4.69, 9.17) is 0 Å². The summed E-state index contributed by atoms with van der Waals surface area (Å²) in [5.74, 6) is 0.816. The van der Waals surface area contributed by atoms with Crippen LogP contribution in [0.15, 0.2) is 12.2 Å². The van der Waals surface area contributed by atoms with Gasteiger partial charge in [-0.15, -0.1) is 24.0 Å². The largest absolute Gasteiger partial charge is 0.107 e. The van der Waals surface area contributed by atoms with Crippen molar-refractivity contribution in [3.8, 4) is 0 Å². The smallest absolute Gasteiger partial charge is 0.0328 e. The van der Waals surface area contributed by atoms with E-state index in [9.17, 15) is 0 Å². The standard InChI is InChI=1S/C7H14.C6H14.C3H8.C2H6.HI/c1-4-5-6-7(2)3;1-3-5-6-4-2;1-3-2;1-2;/h4-5,7H,6H2,1-3H3;3-6H2,1-2H3;3H2,1-2H3;1-2H3;1H/b5-4-;;;;. The van der Waals surface area contributed by atoms with Crippen LogP contribution in [0, 0.1) is 5.92 Å². The number of unbranched alkanes of at least 4 members (excludes halogenated alkanes) is 3. The van der Waals surface area contributed by atoms with Crippen molar-refractivity contribution in [1.82, 2.24) is 0 Å². The van der Waals surface area contributed by atoms with E-state index in [1.54, 1.807) is 0 Å². The first-order valence-corrected chi connectivity index (χ1v) is 8.21. The topological polar surface area (TPSA) is 0 Å². The summed E-state index contributed by atoms with van der Waals surface area (Å²) in [6.07, 6.45) is 12.3. The quantitative estimate of drug-likeness (QED) is 0.253. The van der Waals surface area contributed by atoms with Crippen LogP contribution in [0.2, 0.25) is 0 Å². The molecule has 0 amide bonds. The highest BCUT2D eigenvalue weighted by molar-refractivity contribution is 14.0. The molecule has 0 aliphatic carbocycles. The van der Waals surface area contributed by atoms with Crippen molar-refractivity contribution in [2.24, 2.45) is 5.92 Å². The molecule has 0 rings (SSSR count). The molecule has 0 spiro atoms. The maximum atomic E-state index is 2.23. The third-order valence-corrected chi connectivity index (χ3v) is 1.80. The van der Waals surface area contributed by atoms with E-state index >= 15 is 0 Å². The summed E-state index contributed by atoms with van der Waals surface area (Å²) in [6, 6.07) is 0. The summed E-state index contributed by atoms with van der Waals surface area (Å²) >= 11 is 0. The van der Waals surface area contributed by atoms with Crippen LogP contribution in [0.25, 0.3) is 0 Å². The van der Waals surface area contributed by atoms with Crippen LogP contribution in [0.1, 0.15) is 101 Å². The van der Waals surface area contributed by atoms with Crippen LogP contribution in [-0.2, 0) is 0 Å². The van der Waals surface area contributed by atoms with Crippen LogP contribution in [0.3, 0.4) is 0 Å². The van der Waals surface area contributed by atoms with E-state index in [-0.39, 0.29) is 24.0 Å². The van der Waals surface area contributed by atoms with Gasteiger partial charge >= 0.3 is 0 Å². The minimum Gasteiger partial charge on any atom is -0.107 e. The molecule has 0 bridgehead atoms. The fraction of sp³-hybridized carbons (Fsp3) is 0.889. The molecule has 0 saturated carbocycles. The van der Waals surface area contributed by atoms with E-state index in [0.717, 1.165) is 5.92 Å². The molecule has 0 N–H and O–H groups in total. The van der Waals surface area contributed by atoms with E-state index in [1.165, 1.54) is 38.5 Å². The van der Waals surface area contributed by atoms with Gasteiger partial charge in [0.05, 0.1) is 0 Å². The minimum absolute atomic E-state index is 0. The average molecular weight is 386 g/mol. The second kappa shape index (κ2) is 42.8. The summed E-state index contributed by atoms with van der Waals surface area (Å²) in [4.78, 5) is 0. The molecular weight excluding hydrogens is 343 g/mol. The lowest BCUT2D eigenvalue weighted by Crippen LogP contribution is -1.79. The molecule has 0 aromatic rings. The van der Waals surface area contributed by atoms with Crippen LogP contribution < -0.4 is 0 Å². The molecule has 0 nitrogen and oxygen atoms in total. The number of hydrogen-bond acceptors (Lipinski definition) is 0. The van der Waals surface area contributed by atoms with E-state index < -0.39 is 0 Å². The number of rotatable bonds is 5. The molecule has 0 aromatic heterocycles. The Morgan fingerprint density at radius 3 is 1.26 bits per heavy atom. The van der Waals surface area contributed by atoms with E-state index in [0.29, 0.717) is 0 Å². The van der Waals surface area contributed by atoms with Gasteiger partial charge in [0.15, 0.2) is 0 Å². The Morgan fingerprint density at radius 2 is 1.16 bits per heavy atom. The highest BCUT2D eigenvalue weighted by atomic mass is 127. The predicted molar refractivity (Wildman–Crippen MR) is 107 cm³/mol. The second-order valence-corrected chi connectivity index (χ2v) is 4.61. The zero-order valence-corrected chi connectivity index (χ0v) is 17.7. The van der Waals surface area contributed by atoms with E-state index in [1.807, 2.05) is 13.8 Å². The number of allylic oxidation sites excluding steroid dienone is 2. The zero-order valence-electron chi connectivity index (χ0n) is 15.4. The number of halogens is 1. The van der Waals surface area contributed by atoms with Gasteiger partial charge in [0.25, 0.3) is 0 Å². The molecule has 0 saturated heterocycles. The Labute approximate surface area is 142 Å².